The molecule has 0 spiro atoms. The zero-order valence-corrected chi connectivity index (χ0v) is 16.5. The lowest BCUT2D eigenvalue weighted by Crippen LogP contribution is -2.32. The third-order valence-corrected chi connectivity index (χ3v) is 5.07. The Morgan fingerprint density at radius 2 is 1.88 bits per heavy atom. The second kappa shape index (κ2) is 8.33. The van der Waals surface area contributed by atoms with Crippen LogP contribution in [0.5, 0.6) is 0 Å². The topological polar surface area (TPSA) is 55.1 Å². The SMILES string of the molecule is CNCCN(Cc1c(Br)c(=O)n(-c2ccccc2)n1C)c1ccccn1. The van der Waals surface area contributed by atoms with Gasteiger partial charge in [-0.3, -0.25) is 9.48 Å². The Morgan fingerprint density at radius 1 is 1.15 bits per heavy atom. The minimum absolute atomic E-state index is 0.0664. The molecule has 7 heteroatoms. The van der Waals surface area contributed by atoms with Crippen LogP contribution < -0.4 is 15.8 Å². The Kier molecular flexibility index (Phi) is 5.90. The fraction of sp³-hybridized carbons (Fsp3) is 0.263. The van der Waals surface area contributed by atoms with E-state index in [1.807, 2.05) is 67.3 Å². The largest absolute Gasteiger partial charge is 0.349 e. The molecule has 0 fully saturated rings. The van der Waals surface area contributed by atoms with Crippen molar-refractivity contribution < 1.29 is 0 Å². The van der Waals surface area contributed by atoms with Crippen LogP contribution >= 0.6 is 15.9 Å². The number of nitrogens with one attached hydrogen (secondary N) is 1. The summed E-state index contributed by atoms with van der Waals surface area (Å²) in [4.78, 5) is 19.4. The number of anilines is 1. The van der Waals surface area contributed by atoms with E-state index in [2.05, 4.69) is 31.1 Å². The highest BCUT2D eigenvalue weighted by atomic mass is 79.9. The number of hydrogen-bond donors (Lipinski definition) is 1. The van der Waals surface area contributed by atoms with Gasteiger partial charge in [-0.15, -0.1) is 0 Å². The number of aromatic nitrogens is 3. The summed E-state index contributed by atoms with van der Waals surface area (Å²) in [6, 6.07) is 15.5. The van der Waals surface area contributed by atoms with Gasteiger partial charge in [-0.25, -0.2) is 9.67 Å². The average molecular weight is 416 g/mol. The molecule has 0 aliphatic carbocycles. The molecule has 2 heterocycles. The summed E-state index contributed by atoms with van der Waals surface area (Å²) < 4.78 is 4.15. The first-order chi connectivity index (χ1) is 12.6. The summed E-state index contributed by atoms with van der Waals surface area (Å²) in [5.41, 5.74) is 1.68. The Bertz CT molecular complexity index is 905. The number of rotatable bonds is 7. The lowest BCUT2D eigenvalue weighted by atomic mass is 10.3. The van der Waals surface area contributed by atoms with E-state index in [4.69, 9.17) is 0 Å². The highest BCUT2D eigenvalue weighted by Crippen LogP contribution is 2.20. The number of nitrogens with zero attached hydrogens (tertiary/aromatic N) is 4. The van der Waals surface area contributed by atoms with Gasteiger partial charge in [0.25, 0.3) is 5.56 Å². The molecule has 1 aromatic carbocycles. The number of hydrogen-bond acceptors (Lipinski definition) is 4. The van der Waals surface area contributed by atoms with Crippen LogP contribution in [0, 0.1) is 0 Å². The van der Waals surface area contributed by atoms with Crippen molar-refractivity contribution in [2.75, 3.05) is 25.0 Å². The van der Waals surface area contributed by atoms with Crippen LogP contribution in [0.15, 0.2) is 64.0 Å². The van der Waals surface area contributed by atoms with Gasteiger partial charge in [0.1, 0.15) is 10.3 Å². The fourth-order valence-electron chi connectivity index (χ4n) is 2.89. The monoisotopic (exact) mass is 415 g/mol. The van der Waals surface area contributed by atoms with Crippen LogP contribution in [0.2, 0.25) is 0 Å². The lowest BCUT2D eigenvalue weighted by molar-refractivity contribution is 0.599. The first-order valence-electron chi connectivity index (χ1n) is 8.46. The van der Waals surface area contributed by atoms with Crippen LogP contribution in [0.4, 0.5) is 5.82 Å². The van der Waals surface area contributed by atoms with Crippen molar-refractivity contribution in [3.05, 3.63) is 75.2 Å². The molecule has 0 unspecified atom stereocenters. The summed E-state index contributed by atoms with van der Waals surface area (Å²) in [5, 5.41) is 3.17. The van der Waals surface area contributed by atoms with Gasteiger partial charge in [-0.1, -0.05) is 24.3 Å². The molecule has 136 valence electrons. The quantitative estimate of drug-likeness (QED) is 0.644. The Labute approximate surface area is 161 Å². The van der Waals surface area contributed by atoms with Gasteiger partial charge in [-0.2, -0.15) is 0 Å². The van der Waals surface area contributed by atoms with Crippen molar-refractivity contribution in [1.82, 2.24) is 19.7 Å². The minimum atomic E-state index is -0.0664. The van der Waals surface area contributed by atoms with Crippen LogP contribution in [0.1, 0.15) is 5.69 Å². The molecule has 6 nitrogen and oxygen atoms in total. The third kappa shape index (κ3) is 3.73. The van der Waals surface area contributed by atoms with Gasteiger partial charge in [0.2, 0.25) is 0 Å². The standard InChI is InChI=1S/C19H22BrN5O/c1-21-12-13-24(17-10-6-7-11-22-17)14-16-18(20)19(26)25(23(16)2)15-8-4-3-5-9-15/h3-11,21H,12-14H2,1-2H3. The summed E-state index contributed by atoms with van der Waals surface area (Å²) in [6.45, 7) is 2.18. The molecule has 26 heavy (non-hydrogen) atoms. The molecule has 0 atom stereocenters. The van der Waals surface area contributed by atoms with Crippen molar-refractivity contribution >= 4 is 21.7 Å². The smallest absolute Gasteiger partial charge is 0.286 e. The van der Waals surface area contributed by atoms with Crippen molar-refractivity contribution in [2.45, 2.75) is 6.54 Å². The molecule has 0 saturated heterocycles. The van der Waals surface area contributed by atoms with Gasteiger partial charge < -0.3 is 10.2 Å². The maximum atomic E-state index is 12.8. The van der Waals surface area contributed by atoms with E-state index < -0.39 is 0 Å². The van der Waals surface area contributed by atoms with Gasteiger partial charge in [0.15, 0.2) is 0 Å². The van der Waals surface area contributed by atoms with E-state index in [1.165, 1.54) is 0 Å². The van der Waals surface area contributed by atoms with E-state index in [9.17, 15) is 4.79 Å². The van der Waals surface area contributed by atoms with Crippen LogP contribution in [-0.4, -0.2) is 34.5 Å². The van der Waals surface area contributed by atoms with Crippen molar-refractivity contribution in [1.29, 1.82) is 0 Å². The molecule has 0 aliphatic heterocycles. The van der Waals surface area contributed by atoms with Crippen LogP contribution in [0.3, 0.4) is 0 Å². The lowest BCUT2D eigenvalue weighted by Gasteiger charge is -2.24. The number of para-hydroxylation sites is 1. The first kappa shape index (κ1) is 18.4. The van der Waals surface area contributed by atoms with Crippen molar-refractivity contribution in [2.24, 2.45) is 7.05 Å². The zero-order chi connectivity index (χ0) is 18.5. The van der Waals surface area contributed by atoms with Crippen molar-refractivity contribution in [3.8, 4) is 5.69 Å². The summed E-state index contributed by atoms with van der Waals surface area (Å²) in [6.07, 6.45) is 1.78. The van der Waals surface area contributed by atoms with E-state index in [-0.39, 0.29) is 5.56 Å². The van der Waals surface area contributed by atoms with Crippen LogP contribution in [0.25, 0.3) is 5.69 Å². The minimum Gasteiger partial charge on any atom is -0.349 e. The molecule has 0 amide bonds. The van der Waals surface area contributed by atoms with Gasteiger partial charge in [-0.05, 0) is 47.2 Å². The van der Waals surface area contributed by atoms with E-state index in [1.54, 1.807) is 10.9 Å². The molecule has 2 aromatic heterocycles. The van der Waals surface area contributed by atoms with E-state index >= 15 is 0 Å². The predicted molar refractivity (Wildman–Crippen MR) is 108 cm³/mol. The Hall–Kier alpha value is -2.38. The number of likely N-dealkylation sites (N-methyl/N-ethyl adjacent to an activating group) is 1. The Morgan fingerprint density at radius 3 is 2.54 bits per heavy atom. The van der Waals surface area contributed by atoms with E-state index in [0.29, 0.717) is 11.0 Å². The molecular formula is C19H22BrN5O. The summed E-state index contributed by atoms with van der Waals surface area (Å²) in [7, 11) is 3.83. The Balaban J connectivity index is 1.99. The molecule has 0 saturated carbocycles. The normalized spacial score (nSPS) is 10.9. The zero-order valence-electron chi connectivity index (χ0n) is 14.9. The van der Waals surface area contributed by atoms with Crippen LogP contribution in [-0.2, 0) is 13.6 Å². The first-order valence-corrected chi connectivity index (χ1v) is 9.25. The second-order valence-electron chi connectivity index (χ2n) is 5.95. The molecule has 0 radical (unpaired) electrons. The summed E-state index contributed by atoms with van der Waals surface area (Å²) in [5.74, 6) is 0.884. The van der Waals surface area contributed by atoms with Gasteiger partial charge in [0.05, 0.1) is 17.9 Å². The van der Waals surface area contributed by atoms with E-state index in [0.717, 1.165) is 30.3 Å². The maximum absolute atomic E-state index is 12.8. The number of benzene rings is 1. The summed E-state index contributed by atoms with van der Waals surface area (Å²) >= 11 is 3.50. The average Bonchev–Trinajstić information content (AvgIpc) is 2.89. The van der Waals surface area contributed by atoms with Gasteiger partial charge >= 0.3 is 0 Å². The fourth-order valence-corrected chi connectivity index (χ4v) is 3.44. The number of halogens is 1. The predicted octanol–water partition coefficient (Wildman–Crippen LogP) is 2.56. The molecular weight excluding hydrogens is 394 g/mol. The van der Waals surface area contributed by atoms with Gasteiger partial charge in [0, 0.05) is 26.3 Å². The number of pyridine rings is 1. The van der Waals surface area contributed by atoms with Crippen molar-refractivity contribution in [3.63, 3.8) is 0 Å². The molecule has 0 bridgehead atoms. The molecule has 3 rings (SSSR count). The second-order valence-corrected chi connectivity index (χ2v) is 6.74. The third-order valence-electron chi connectivity index (χ3n) is 4.27. The molecule has 1 N–H and O–H groups in total. The highest BCUT2D eigenvalue weighted by molar-refractivity contribution is 9.10. The highest BCUT2D eigenvalue weighted by Gasteiger charge is 2.20. The maximum Gasteiger partial charge on any atom is 0.286 e. The molecule has 3 aromatic rings. The molecule has 0 aliphatic rings.